The molecule has 0 radical (unpaired) electrons. The molecule has 4 heteroatoms. The maximum Gasteiger partial charge on any atom is 0.258 e. The maximum absolute atomic E-state index is 5.11. The number of aromatic amines is 1. The molecule has 0 saturated heterocycles. The summed E-state index contributed by atoms with van der Waals surface area (Å²) in [4.78, 5) is 7.22. The maximum atomic E-state index is 5.11. The van der Waals surface area contributed by atoms with Gasteiger partial charge in [-0.2, -0.15) is 4.98 Å². The normalized spacial score (nSPS) is 10.3. The van der Waals surface area contributed by atoms with E-state index in [1.165, 1.54) is 0 Å². The van der Waals surface area contributed by atoms with Gasteiger partial charge in [-0.25, -0.2) is 0 Å². The smallest absolute Gasteiger partial charge is 0.258 e. The van der Waals surface area contributed by atoms with Crippen LogP contribution in [0.25, 0.3) is 11.0 Å². The van der Waals surface area contributed by atoms with E-state index in [4.69, 9.17) is 9.47 Å². The number of pyridine rings is 1. The molecule has 0 unspecified atom stereocenters. The van der Waals surface area contributed by atoms with E-state index in [0.717, 1.165) is 11.0 Å². The molecule has 0 aliphatic heterocycles. The van der Waals surface area contributed by atoms with Crippen LogP contribution in [0.5, 0.6) is 11.6 Å². The molecular formula is C9H10N2O2. The molecule has 0 spiro atoms. The van der Waals surface area contributed by atoms with Gasteiger partial charge in [0.2, 0.25) is 0 Å². The average Bonchev–Trinajstić information content (AvgIpc) is 2.62. The van der Waals surface area contributed by atoms with Crippen LogP contribution in [-0.2, 0) is 0 Å². The predicted octanol–water partition coefficient (Wildman–Crippen LogP) is 1.58. The number of nitrogens with one attached hydrogen (secondary N) is 1. The van der Waals surface area contributed by atoms with Gasteiger partial charge in [0, 0.05) is 11.6 Å². The first-order valence-electron chi connectivity index (χ1n) is 3.91. The fourth-order valence-electron chi connectivity index (χ4n) is 1.24. The third kappa shape index (κ3) is 1.20. The van der Waals surface area contributed by atoms with Gasteiger partial charge in [-0.05, 0) is 12.1 Å². The number of aromatic nitrogens is 2. The molecule has 0 amide bonds. The first kappa shape index (κ1) is 7.91. The van der Waals surface area contributed by atoms with Gasteiger partial charge in [0.1, 0.15) is 5.65 Å². The molecule has 2 aromatic heterocycles. The van der Waals surface area contributed by atoms with Crippen molar-refractivity contribution < 1.29 is 9.47 Å². The van der Waals surface area contributed by atoms with Crippen LogP contribution >= 0.6 is 0 Å². The van der Waals surface area contributed by atoms with Gasteiger partial charge >= 0.3 is 0 Å². The summed E-state index contributed by atoms with van der Waals surface area (Å²) in [5.41, 5.74) is 0.803. The lowest BCUT2D eigenvalue weighted by atomic mass is 10.3. The van der Waals surface area contributed by atoms with Gasteiger partial charge in [0.25, 0.3) is 5.88 Å². The first-order chi connectivity index (χ1) is 6.35. The highest BCUT2D eigenvalue weighted by atomic mass is 16.5. The molecule has 0 aliphatic rings. The molecule has 1 N–H and O–H groups in total. The van der Waals surface area contributed by atoms with Crippen molar-refractivity contribution in [3.05, 3.63) is 18.3 Å². The second-order valence-electron chi connectivity index (χ2n) is 2.62. The zero-order valence-corrected chi connectivity index (χ0v) is 7.50. The topological polar surface area (TPSA) is 47.1 Å². The molecule has 13 heavy (non-hydrogen) atoms. The van der Waals surface area contributed by atoms with Crippen molar-refractivity contribution in [3.8, 4) is 11.6 Å². The van der Waals surface area contributed by atoms with Gasteiger partial charge in [0.05, 0.1) is 14.2 Å². The van der Waals surface area contributed by atoms with Crippen LogP contribution in [0.1, 0.15) is 0 Å². The second-order valence-corrected chi connectivity index (χ2v) is 2.62. The Balaban J connectivity index is 2.67. The second kappa shape index (κ2) is 2.97. The Morgan fingerprint density at radius 2 is 2.15 bits per heavy atom. The number of nitrogens with zero attached hydrogens (tertiary/aromatic N) is 1. The van der Waals surface area contributed by atoms with E-state index >= 15 is 0 Å². The Morgan fingerprint density at radius 1 is 1.31 bits per heavy atom. The molecule has 0 bridgehead atoms. The Hall–Kier alpha value is -1.71. The molecular weight excluding hydrogens is 168 g/mol. The number of ether oxygens (including phenoxy) is 2. The summed E-state index contributed by atoms with van der Waals surface area (Å²) in [6.07, 6.45) is 1.83. The van der Waals surface area contributed by atoms with E-state index in [2.05, 4.69) is 9.97 Å². The lowest BCUT2D eigenvalue weighted by Gasteiger charge is -2.05. The number of hydrogen-bond acceptors (Lipinski definition) is 3. The van der Waals surface area contributed by atoms with E-state index in [1.54, 1.807) is 14.2 Å². The minimum absolute atomic E-state index is 0.498. The third-order valence-electron chi connectivity index (χ3n) is 1.88. The average molecular weight is 178 g/mol. The standard InChI is InChI=1S/C9H10N2O2/c1-12-7-5-6-3-4-10-8(6)11-9(7)13-2/h3-5H,1-2H3,(H,10,11). The molecule has 68 valence electrons. The van der Waals surface area contributed by atoms with Gasteiger partial charge in [-0.15, -0.1) is 0 Å². The number of rotatable bonds is 2. The van der Waals surface area contributed by atoms with Crippen molar-refractivity contribution in [3.63, 3.8) is 0 Å². The Labute approximate surface area is 75.5 Å². The summed E-state index contributed by atoms with van der Waals surface area (Å²) in [5.74, 6) is 1.15. The fraction of sp³-hybridized carbons (Fsp3) is 0.222. The molecule has 0 aliphatic carbocycles. The number of H-pyrrole nitrogens is 1. The molecule has 0 atom stereocenters. The summed E-state index contributed by atoms with van der Waals surface area (Å²) in [6.45, 7) is 0. The molecule has 0 aromatic carbocycles. The largest absolute Gasteiger partial charge is 0.491 e. The van der Waals surface area contributed by atoms with Gasteiger partial charge < -0.3 is 14.5 Å². The van der Waals surface area contributed by atoms with Crippen LogP contribution in [-0.4, -0.2) is 24.2 Å². The fourth-order valence-corrected chi connectivity index (χ4v) is 1.24. The lowest BCUT2D eigenvalue weighted by Crippen LogP contribution is -1.93. The summed E-state index contributed by atoms with van der Waals surface area (Å²) < 4.78 is 10.2. The van der Waals surface area contributed by atoms with Crippen molar-refractivity contribution in [2.45, 2.75) is 0 Å². The Bertz CT molecular complexity index is 384. The molecule has 0 fully saturated rings. The van der Waals surface area contributed by atoms with Crippen LogP contribution in [0.3, 0.4) is 0 Å². The minimum Gasteiger partial charge on any atom is -0.491 e. The Morgan fingerprint density at radius 3 is 2.85 bits per heavy atom. The summed E-state index contributed by atoms with van der Waals surface area (Å²) in [5, 5.41) is 1.01. The van der Waals surface area contributed by atoms with Crippen molar-refractivity contribution in [2.75, 3.05) is 14.2 Å². The predicted molar refractivity (Wildman–Crippen MR) is 49.2 cm³/mol. The number of fused-ring (bicyclic) bond motifs is 1. The minimum atomic E-state index is 0.498. The first-order valence-corrected chi connectivity index (χ1v) is 3.91. The molecule has 2 aromatic rings. The number of hydrogen-bond donors (Lipinski definition) is 1. The van der Waals surface area contributed by atoms with Crippen molar-refractivity contribution in [1.29, 1.82) is 0 Å². The van der Waals surface area contributed by atoms with Crippen molar-refractivity contribution in [2.24, 2.45) is 0 Å². The molecule has 2 heterocycles. The zero-order valence-electron chi connectivity index (χ0n) is 7.50. The zero-order chi connectivity index (χ0) is 9.26. The van der Waals surface area contributed by atoms with E-state index in [0.29, 0.717) is 11.6 Å². The monoisotopic (exact) mass is 178 g/mol. The Kier molecular flexibility index (Phi) is 1.81. The SMILES string of the molecule is COc1cc2cc[nH]c2nc1OC. The van der Waals surface area contributed by atoms with Crippen LogP contribution in [0.15, 0.2) is 18.3 Å². The van der Waals surface area contributed by atoms with Crippen molar-refractivity contribution in [1.82, 2.24) is 9.97 Å². The van der Waals surface area contributed by atoms with Gasteiger partial charge in [-0.3, -0.25) is 0 Å². The molecule has 4 nitrogen and oxygen atoms in total. The van der Waals surface area contributed by atoms with Crippen LogP contribution < -0.4 is 9.47 Å². The van der Waals surface area contributed by atoms with E-state index in [9.17, 15) is 0 Å². The molecule has 2 rings (SSSR count). The lowest BCUT2D eigenvalue weighted by molar-refractivity contribution is 0.344. The third-order valence-corrected chi connectivity index (χ3v) is 1.88. The van der Waals surface area contributed by atoms with Gasteiger partial charge in [0.15, 0.2) is 5.75 Å². The quantitative estimate of drug-likeness (QED) is 0.759. The summed E-state index contributed by atoms with van der Waals surface area (Å²) in [6, 6.07) is 3.82. The van der Waals surface area contributed by atoms with Crippen LogP contribution in [0.2, 0.25) is 0 Å². The van der Waals surface area contributed by atoms with Crippen molar-refractivity contribution >= 4 is 11.0 Å². The highest BCUT2D eigenvalue weighted by Crippen LogP contribution is 2.27. The molecule has 0 saturated carbocycles. The van der Waals surface area contributed by atoms with E-state index in [-0.39, 0.29) is 0 Å². The highest BCUT2D eigenvalue weighted by molar-refractivity contribution is 5.78. The van der Waals surface area contributed by atoms with Crippen LogP contribution in [0.4, 0.5) is 0 Å². The van der Waals surface area contributed by atoms with Gasteiger partial charge in [-0.1, -0.05) is 0 Å². The highest BCUT2D eigenvalue weighted by Gasteiger charge is 2.07. The van der Waals surface area contributed by atoms with Crippen LogP contribution in [0, 0.1) is 0 Å². The van der Waals surface area contributed by atoms with E-state index < -0.39 is 0 Å². The van der Waals surface area contributed by atoms with E-state index in [1.807, 2.05) is 18.3 Å². The summed E-state index contributed by atoms with van der Waals surface area (Å²) in [7, 11) is 3.16. The number of methoxy groups -OCH3 is 2. The summed E-state index contributed by atoms with van der Waals surface area (Å²) >= 11 is 0.